The number of carboxylic acids is 1. The third kappa shape index (κ3) is 6.73. The van der Waals surface area contributed by atoms with Crippen molar-refractivity contribution in [1.29, 1.82) is 0 Å². The lowest BCUT2D eigenvalue weighted by Crippen LogP contribution is -2.46. The van der Waals surface area contributed by atoms with Gasteiger partial charge in [-0.25, -0.2) is 4.79 Å². The van der Waals surface area contributed by atoms with Crippen molar-refractivity contribution >= 4 is 34.8 Å². The summed E-state index contributed by atoms with van der Waals surface area (Å²) in [6.45, 7) is 0.348. The number of carbonyl (C=O) groups excluding carboxylic acids is 3. The molecule has 2 heterocycles. The van der Waals surface area contributed by atoms with E-state index in [1.54, 1.807) is 54.7 Å². The van der Waals surface area contributed by atoms with Crippen LogP contribution in [0.15, 0.2) is 72.9 Å². The van der Waals surface area contributed by atoms with Crippen molar-refractivity contribution in [1.82, 2.24) is 10.3 Å². The summed E-state index contributed by atoms with van der Waals surface area (Å²) < 4.78 is 9.48. The van der Waals surface area contributed by atoms with Crippen LogP contribution < -0.4 is 10.1 Å². The molecule has 1 aliphatic rings. The van der Waals surface area contributed by atoms with E-state index >= 15 is 0 Å². The van der Waals surface area contributed by atoms with Gasteiger partial charge in [0.1, 0.15) is 12.4 Å². The molecule has 10 heteroatoms. The Balaban J connectivity index is 1.35. The van der Waals surface area contributed by atoms with Gasteiger partial charge in [0.15, 0.2) is 0 Å². The summed E-state index contributed by atoms with van der Waals surface area (Å²) in [5, 5.41) is 10.4. The van der Waals surface area contributed by atoms with Gasteiger partial charge in [0.05, 0.1) is 13.0 Å². The number of carbonyl (C=O) groups is 4. The van der Waals surface area contributed by atoms with E-state index in [4.69, 9.17) is 14.6 Å². The number of aromatic nitrogens is 1. The molecule has 1 aromatic heterocycles. The first-order valence-electron chi connectivity index (χ1n) is 11.5. The second-order valence-electron chi connectivity index (χ2n) is 8.38. The Hall–Kier alpha value is -4.18. The van der Waals surface area contributed by atoms with Crippen LogP contribution in [0.1, 0.15) is 22.4 Å². The van der Waals surface area contributed by atoms with Crippen LogP contribution in [0.25, 0.3) is 0 Å². The molecule has 1 saturated heterocycles. The number of rotatable bonds is 11. The number of thioether (sulfide) groups is 1. The monoisotopic (exact) mass is 520 g/mol. The predicted octanol–water partition coefficient (Wildman–Crippen LogP) is 3.34. The standard InChI is InChI=1S/C27H24N2O7S/c30-23(31)14-20-6-9-21(28-16-20)12-13-35-22-10-7-18(8-11-22)15-27(24(32)29-26(34)37-27)25(33)36-17-19-4-2-1-3-5-19/h1-11,16H,12-15,17H2,(H,30,31)(H,29,32,34). The van der Waals surface area contributed by atoms with Gasteiger partial charge in [0.2, 0.25) is 4.75 Å². The largest absolute Gasteiger partial charge is 0.493 e. The topological polar surface area (TPSA) is 132 Å². The molecule has 0 aliphatic carbocycles. The van der Waals surface area contributed by atoms with E-state index in [1.807, 2.05) is 18.2 Å². The summed E-state index contributed by atoms with van der Waals surface area (Å²) in [5.74, 6) is -1.78. The van der Waals surface area contributed by atoms with Crippen LogP contribution >= 0.6 is 11.8 Å². The fourth-order valence-corrected chi connectivity index (χ4v) is 4.72. The van der Waals surface area contributed by atoms with Gasteiger partial charge in [-0.2, -0.15) is 0 Å². The van der Waals surface area contributed by atoms with Crippen LogP contribution in [-0.2, 0) is 45.0 Å². The zero-order valence-corrected chi connectivity index (χ0v) is 20.5. The van der Waals surface area contributed by atoms with Crippen LogP contribution in [-0.4, -0.2) is 44.5 Å². The molecule has 3 aromatic rings. The number of aliphatic carboxylic acids is 1. The Morgan fingerprint density at radius 3 is 2.30 bits per heavy atom. The van der Waals surface area contributed by atoms with Crippen LogP contribution in [0.2, 0.25) is 0 Å². The quantitative estimate of drug-likeness (QED) is 0.289. The maximum atomic E-state index is 13.0. The lowest BCUT2D eigenvalue weighted by atomic mass is 9.97. The Morgan fingerprint density at radius 1 is 0.946 bits per heavy atom. The van der Waals surface area contributed by atoms with Crippen molar-refractivity contribution in [3.8, 4) is 5.75 Å². The second-order valence-corrected chi connectivity index (χ2v) is 9.65. The molecule has 0 spiro atoms. The number of amides is 2. The van der Waals surface area contributed by atoms with Gasteiger partial charge in [0.25, 0.3) is 11.1 Å². The number of benzene rings is 2. The highest BCUT2D eigenvalue weighted by Crippen LogP contribution is 2.37. The molecule has 37 heavy (non-hydrogen) atoms. The number of hydrogen-bond acceptors (Lipinski definition) is 8. The first-order valence-corrected chi connectivity index (χ1v) is 12.3. The smallest absolute Gasteiger partial charge is 0.333 e. The zero-order chi connectivity index (χ0) is 26.3. The van der Waals surface area contributed by atoms with E-state index in [0.29, 0.717) is 41.7 Å². The van der Waals surface area contributed by atoms with E-state index in [0.717, 1.165) is 11.3 Å². The zero-order valence-electron chi connectivity index (χ0n) is 19.7. The first-order chi connectivity index (χ1) is 17.8. The van der Waals surface area contributed by atoms with E-state index in [1.165, 1.54) is 0 Å². The molecule has 1 unspecified atom stereocenters. The third-order valence-corrected chi connectivity index (χ3v) is 6.77. The lowest BCUT2D eigenvalue weighted by molar-refractivity contribution is -0.150. The predicted molar refractivity (Wildman–Crippen MR) is 135 cm³/mol. The molecule has 0 radical (unpaired) electrons. The molecule has 1 aliphatic heterocycles. The number of carboxylic acid groups (broad SMARTS) is 1. The molecule has 2 N–H and O–H groups in total. The third-order valence-electron chi connectivity index (χ3n) is 5.64. The molecule has 2 amide bonds. The van der Waals surface area contributed by atoms with Gasteiger partial charge in [-0.3, -0.25) is 24.7 Å². The minimum atomic E-state index is -1.70. The molecule has 9 nitrogen and oxygen atoms in total. The van der Waals surface area contributed by atoms with Crippen LogP contribution in [0.3, 0.4) is 0 Å². The van der Waals surface area contributed by atoms with Crippen LogP contribution in [0.4, 0.5) is 4.79 Å². The first kappa shape index (κ1) is 25.9. The molecule has 0 bridgehead atoms. The number of nitrogens with zero attached hydrogens (tertiary/aromatic N) is 1. The van der Waals surface area contributed by atoms with Gasteiger partial charge in [-0.15, -0.1) is 0 Å². The Labute approximate surface area is 217 Å². The van der Waals surface area contributed by atoms with Crippen molar-refractivity contribution in [2.24, 2.45) is 0 Å². The highest BCUT2D eigenvalue weighted by Gasteiger charge is 2.55. The number of hydrogen-bond donors (Lipinski definition) is 2. The highest BCUT2D eigenvalue weighted by molar-refractivity contribution is 8.16. The number of imide groups is 1. The van der Waals surface area contributed by atoms with Crippen molar-refractivity contribution in [3.63, 3.8) is 0 Å². The molecule has 4 rings (SSSR count). The fraction of sp³-hybridized carbons (Fsp3) is 0.222. The summed E-state index contributed by atoms with van der Waals surface area (Å²) in [6.07, 6.45) is 1.98. The van der Waals surface area contributed by atoms with Crippen molar-refractivity contribution < 1.29 is 33.8 Å². The lowest BCUT2D eigenvalue weighted by Gasteiger charge is -2.22. The number of ether oxygens (including phenoxy) is 2. The summed E-state index contributed by atoms with van der Waals surface area (Å²) in [5.41, 5.74) is 2.84. The normalized spacial score (nSPS) is 16.8. The highest BCUT2D eigenvalue weighted by atomic mass is 32.2. The average Bonchev–Trinajstić information content (AvgIpc) is 3.18. The molecular weight excluding hydrogens is 496 g/mol. The Kier molecular flexibility index (Phi) is 8.19. The maximum Gasteiger partial charge on any atom is 0.333 e. The van der Waals surface area contributed by atoms with E-state index < -0.39 is 27.8 Å². The van der Waals surface area contributed by atoms with Crippen molar-refractivity contribution in [3.05, 3.63) is 95.3 Å². The average molecular weight is 521 g/mol. The van der Waals surface area contributed by atoms with Gasteiger partial charge < -0.3 is 14.6 Å². The Morgan fingerprint density at radius 2 is 1.68 bits per heavy atom. The maximum absolute atomic E-state index is 13.0. The summed E-state index contributed by atoms with van der Waals surface area (Å²) in [6, 6.07) is 19.5. The summed E-state index contributed by atoms with van der Waals surface area (Å²) in [4.78, 5) is 52.6. The van der Waals surface area contributed by atoms with E-state index in [2.05, 4.69) is 10.3 Å². The van der Waals surface area contributed by atoms with Crippen molar-refractivity contribution in [2.45, 2.75) is 30.6 Å². The number of pyridine rings is 1. The second kappa shape index (κ2) is 11.7. The molecule has 1 atom stereocenters. The van der Waals surface area contributed by atoms with E-state index in [9.17, 15) is 19.2 Å². The van der Waals surface area contributed by atoms with Gasteiger partial charge in [-0.05, 0) is 46.7 Å². The summed E-state index contributed by atoms with van der Waals surface area (Å²) in [7, 11) is 0. The molecule has 190 valence electrons. The fourth-order valence-electron chi connectivity index (χ4n) is 3.73. The molecule has 1 fully saturated rings. The number of esters is 1. The molecule has 0 saturated carbocycles. The SMILES string of the molecule is O=C(O)Cc1ccc(CCOc2ccc(CC3(C(=O)OCc4ccccc4)SC(=O)NC3=O)cc2)nc1. The summed E-state index contributed by atoms with van der Waals surface area (Å²) >= 11 is 0.634. The van der Waals surface area contributed by atoms with Crippen molar-refractivity contribution in [2.75, 3.05) is 6.61 Å². The van der Waals surface area contributed by atoms with Gasteiger partial charge in [0, 0.05) is 24.7 Å². The van der Waals surface area contributed by atoms with Crippen LogP contribution in [0, 0.1) is 0 Å². The minimum absolute atomic E-state index is 0.00657. The van der Waals surface area contributed by atoms with Gasteiger partial charge in [-0.1, -0.05) is 48.5 Å². The van der Waals surface area contributed by atoms with Crippen LogP contribution in [0.5, 0.6) is 5.75 Å². The number of nitrogens with one attached hydrogen (secondary N) is 1. The Bertz CT molecular complexity index is 1280. The minimum Gasteiger partial charge on any atom is -0.493 e. The van der Waals surface area contributed by atoms with E-state index in [-0.39, 0.29) is 19.4 Å². The molecule has 2 aromatic carbocycles. The molecular formula is C27H24N2O7S. The van der Waals surface area contributed by atoms with Gasteiger partial charge >= 0.3 is 11.9 Å².